The Balaban J connectivity index is 1.23. The van der Waals surface area contributed by atoms with Gasteiger partial charge in [-0.1, -0.05) is 0 Å². The summed E-state index contributed by atoms with van der Waals surface area (Å²) in [6.45, 7) is 3.32. The number of nitrogens with one attached hydrogen (secondary N) is 2. The van der Waals surface area contributed by atoms with Crippen LogP contribution < -0.4 is 15.4 Å². The normalized spacial score (nSPS) is 22.3. The van der Waals surface area contributed by atoms with Crippen LogP contribution in [0, 0.1) is 24.7 Å². The molecule has 44 heavy (non-hydrogen) atoms. The number of hydrogen-bond donors (Lipinski definition) is 2. The first kappa shape index (κ1) is 28.6. The van der Waals surface area contributed by atoms with E-state index in [9.17, 15) is 4.79 Å². The molecular formula is C34H43N8O2+. The lowest BCUT2D eigenvalue weighted by molar-refractivity contribution is -0.461. The number of benzene rings is 1. The Morgan fingerprint density at radius 2 is 1.93 bits per heavy atom. The first-order valence-corrected chi connectivity index (χ1v) is 16.0. The Morgan fingerprint density at radius 1 is 1.07 bits per heavy atom. The molecule has 3 aliphatic rings. The van der Waals surface area contributed by atoms with Gasteiger partial charge in [-0.15, -0.1) is 0 Å². The van der Waals surface area contributed by atoms with Crippen molar-refractivity contribution in [3.8, 4) is 17.1 Å². The summed E-state index contributed by atoms with van der Waals surface area (Å²) >= 11 is 0. The minimum atomic E-state index is -0.204. The fourth-order valence-electron chi connectivity index (χ4n) is 7.12. The molecule has 1 aromatic carbocycles. The summed E-state index contributed by atoms with van der Waals surface area (Å²) in [4.78, 5) is 23.5. The lowest BCUT2D eigenvalue weighted by Crippen LogP contribution is -2.20. The quantitative estimate of drug-likeness (QED) is 0.238. The highest BCUT2D eigenvalue weighted by Gasteiger charge is 2.33. The van der Waals surface area contributed by atoms with Gasteiger partial charge in [0, 0.05) is 42.5 Å². The predicted molar refractivity (Wildman–Crippen MR) is 173 cm³/mol. The highest BCUT2D eigenvalue weighted by atomic mass is 16.5. The molecule has 2 fully saturated rings. The number of rotatable bonds is 4. The molecule has 2 aliphatic carbocycles. The molecular weight excluding hydrogens is 552 g/mol. The second kappa shape index (κ2) is 11.7. The number of ether oxygens (including phenoxy) is 1. The average Bonchev–Trinajstić information content (AvgIpc) is 3.51. The van der Waals surface area contributed by atoms with Gasteiger partial charge in [0.15, 0.2) is 0 Å². The largest absolute Gasteiger partial charge is 0.477 e. The highest BCUT2D eigenvalue weighted by Crippen LogP contribution is 2.41. The van der Waals surface area contributed by atoms with Gasteiger partial charge in [-0.25, -0.2) is 14.2 Å². The van der Waals surface area contributed by atoms with Crippen LogP contribution in [0.25, 0.3) is 22.3 Å². The van der Waals surface area contributed by atoms with Crippen LogP contribution in [0.15, 0.2) is 36.5 Å². The number of aryl methyl sites for hydroxylation is 2. The molecule has 230 valence electrons. The van der Waals surface area contributed by atoms with Crippen LogP contribution in [0.3, 0.4) is 0 Å². The van der Waals surface area contributed by atoms with Crippen LogP contribution in [-0.2, 0) is 13.6 Å². The summed E-state index contributed by atoms with van der Waals surface area (Å²) in [7, 11) is 6.08. The third-order valence-electron chi connectivity index (χ3n) is 9.37. The Hall–Kier alpha value is -4.21. The third kappa shape index (κ3) is 5.94. The predicted octanol–water partition coefficient (Wildman–Crippen LogP) is 5.51. The van der Waals surface area contributed by atoms with Gasteiger partial charge >= 0.3 is 0 Å². The minimum absolute atomic E-state index is 0.204. The zero-order valence-electron chi connectivity index (χ0n) is 26.2. The van der Waals surface area contributed by atoms with Gasteiger partial charge in [0.05, 0.1) is 35.1 Å². The standard InChI is InChI=1S/C34H42N8O2/c1-21-14-25-16-29(36-21)28-18-35-41(4)33(28)44-13-5-6-24(23-8-9-23)20-42-31-12-11-27(17-30(31)38-34(42)39-32(25)43)37-26-10-7-22(15-26)19-40(2)3/h11-12,14,16-19,22-24,26,37H,5-10,13,15,20H2,1-4H3/p+1/t22?,24-,26-/m1/s1. The van der Waals surface area contributed by atoms with Crippen molar-refractivity contribution >= 4 is 34.8 Å². The van der Waals surface area contributed by atoms with Gasteiger partial charge in [0.25, 0.3) is 5.91 Å². The van der Waals surface area contributed by atoms with Gasteiger partial charge in [0.1, 0.15) is 20.3 Å². The molecule has 3 atom stereocenters. The van der Waals surface area contributed by atoms with Crippen molar-refractivity contribution in [3.63, 3.8) is 0 Å². The maximum atomic E-state index is 13.8. The van der Waals surface area contributed by atoms with E-state index in [-0.39, 0.29) is 5.91 Å². The molecule has 2 N–H and O–H groups in total. The second-order valence-electron chi connectivity index (χ2n) is 13.2. The van der Waals surface area contributed by atoms with Crippen LogP contribution in [0.1, 0.15) is 61.0 Å². The molecule has 0 spiro atoms. The van der Waals surface area contributed by atoms with E-state index in [1.807, 2.05) is 26.1 Å². The van der Waals surface area contributed by atoms with Crippen LogP contribution >= 0.6 is 0 Å². The van der Waals surface area contributed by atoms with E-state index >= 15 is 0 Å². The number of nitrogens with zero attached hydrogens (tertiary/aromatic N) is 6. The molecule has 1 amide bonds. The van der Waals surface area contributed by atoms with E-state index in [2.05, 4.69) is 63.4 Å². The smallest absolute Gasteiger partial charge is 0.258 e. The molecule has 2 bridgehead atoms. The summed E-state index contributed by atoms with van der Waals surface area (Å²) in [6, 6.07) is 10.6. The van der Waals surface area contributed by atoms with Gasteiger partial charge < -0.3 is 14.6 Å². The van der Waals surface area contributed by atoms with Gasteiger partial charge in [0.2, 0.25) is 11.8 Å². The third-order valence-corrected chi connectivity index (χ3v) is 9.37. The minimum Gasteiger partial charge on any atom is -0.477 e. The molecule has 10 nitrogen and oxygen atoms in total. The highest BCUT2D eigenvalue weighted by molar-refractivity contribution is 6.05. The Kier molecular flexibility index (Phi) is 7.60. The first-order chi connectivity index (χ1) is 21.3. The molecule has 4 heterocycles. The summed E-state index contributed by atoms with van der Waals surface area (Å²) in [6.07, 6.45) is 12.1. The molecule has 1 unspecified atom stereocenters. The fraction of sp³-hybridized carbons (Fsp3) is 0.500. The summed E-state index contributed by atoms with van der Waals surface area (Å²) in [5, 5.41) is 11.4. The topological polar surface area (TPSA) is 102 Å². The van der Waals surface area contributed by atoms with Crippen LogP contribution in [-0.4, -0.2) is 67.8 Å². The van der Waals surface area contributed by atoms with E-state index in [0.717, 1.165) is 60.2 Å². The Labute approximate surface area is 258 Å². The Morgan fingerprint density at radius 3 is 2.75 bits per heavy atom. The van der Waals surface area contributed by atoms with Gasteiger partial charge in [-0.05, 0) is 94.0 Å². The van der Waals surface area contributed by atoms with Crippen molar-refractivity contribution in [2.24, 2.45) is 24.8 Å². The van der Waals surface area contributed by atoms with Crippen LogP contribution in [0.4, 0.5) is 11.6 Å². The molecule has 3 aromatic heterocycles. The molecule has 10 heteroatoms. The second-order valence-corrected chi connectivity index (χ2v) is 13.2. The molecule has 4 aromatic rings. The maximum Gasteiger partial charge on any atom is 0.258 e. The summed E-state index contributed by atoms with van der Waals surface area (Å²) in [5.74, 6) is 2.85. The van der Waals surface area contributed by atoms with Crippen molar-refractivity contribution in [1.29, 1.82) is 0 Å². The Bertz CT molecular complexity index is 1730. The van der Waals surface area contributed by atoms with Crippen molar-refractivity contribution < 1.29 is 14.1 Å². The van der Waals surface area contributed by atoms with E-state index in [0.29, 0.717) is 53.5 Å². The van der Waals surface area contributed by atoms with Gasteiger partial charge in [-0.2, -0.15) is 5.10 Å². The lowest BCUT2D eigenvalue weighted by Gasteiger charge is -2.20. The number of amides is 1. The maximum absolute atomic E-state index is 13.8. The number of carbonyl (C=O) groups excluding carboxylic acids is 1. The molecule has 0 radical (unpaired) electrons. The zero-order valence-corrected chi connectivity index (χ0v) is 26.2. The van der Waals surface area contributed by atoms with Gasteiger partial charge in [-0.3, -0.25) is 15.1 Å². The number of anilines is 2. The van der Waals surface area contributed by atoms with E-state index in [1.54, 1.807) is 10.9 Å². The van der Waals surface area contributed by atoms with Crippen molar-refractivity contribution in [3.05, 3.63) is 47.8 Å². The molecule has 1 aliphatic heterocycles. The monoisotopic (exact) mass is 595 g/mol. The lowest BCUT2D eigenvalue weighted by atomic mass is 9.97. The number of fused-ring (bicyclic) bond motifs is 7. The van der Waals surface area contributed by atoms with E-state index < -0.39 is 0 Å². The van der Waals surface area contributed by atoms with Crippen molar-refractivity contribution in [2.75, 3.05) is 31.3 Å². The fourth-order valence-corrected chi connectivity index (χ4v) is 7.12. The first-order valence-electron chi connectivity index (χ1n) is 16.0. The number of pyridine rings is 1. The van der Waals surface area contributed by atoms with Crippen LogP contribution in [0.5, 0.6) is 5.88 Å². The number of aromatic nitrogens is 5. The van der Waals surface area contributed by atoms with E-state index in [4.69, 9.17) is 14.7 Å². The number of carbonyl (C=O) groups is 1. The summed E-state index contributed by atoms with van der Waals surface area (Å²) in [5.41, 5.74) is 5.77. The molecule has 0 saturated heterocycles. The number of hydrogen-bond acceptors (Lipinski definition) is 6. The van der Waals surface area contributed by atoms with E-state index in [1.165, 1.54) is 19.3 Å². The number of imidazole rings is 1. The molecule has 2 saturated carbocycles. The molecule has 7 rings (SSSR count). The van der Waals surface area contributed by atoms with Crippen molar-refractivity contribution in [2.45, 2.75) is 64.5 Å². The zero-order chi connectivity index (χ0) is 30.4. The SMILES string of the molecule is Cc1cc2cc(n1)-c1cnn(C)c1OCCC[C@@H](C1CC1)Cn1c(nc3cc(N[C@@H]4CCC(C=[N+](C)C)C4)ccc31)NC2=O. The summed E-state index contributed by atoms with van der Waals surface area (Å²) < 4.78 is 12.4. The van der Waals surface area contributed by atoms with Crippen LogP contribution in [0.2, 0.25) is 0 Å². The van der Waals surface area contributed by atoms with Crippen molar-refractivity contribution in [1.82, 2.24) is 24.3 Å². The average molecular weight is 596 g/mol.